The molecule has 0 aromatic rings. The van der Waals surface area contributed by atoms with Crippen molar-refractivity contribution in [2.75, 3.05) is 66.5 Å². The van der Waals surface area contributed by atoms with Crippen molar-refractivity contribution in [2.45, 2.75) is 11.0 Å². The van der Waals surface area contributed by atoms with Gasteiger partial charge in [0.2, 0.25) is 0 Å². The molecule has 0 amide bonds. The van der Waals surface area contributed by atoms with Gasteiger partial charge in [-0.2, -0.15) is 0 Å². The van der Waals surface area contributed by atoms with E-state index in [1.54, 1.807) is 0 Å². The van der Waals surface area contributed by atoms with Crippen molar-refractivity contribution < 1.29 is 17.1 Å². The summed E-state index contributed by atoms with van der Waals surface area (Å²) in [7, 11) is 4.35. The van der Waals surface area contributed by atoms with E-state index in [2.05, 4.69) is 33.7 Å². The molecule has 0 radical (unpaired) electrons. The number of hydrogen-bond donors (Lipinski definition) is 0. The molecule has 7 heteroatoms. The van der Waals surface area contributed by atoms with Crippen molar-refractivity contribution in [3.8, 4) is 0 Å². The Hall–Kier alpha value is 0.939. The van der Waals surface area contributed by atoms with Gasteiger partial charge >= 0.3 is 17.1 Å². The third-order valence-electron chi connectivity index (χ3n) is 4.00. The van der Waals surface area contributed by atoms with Crippen LogP contribution in [0.1, 0.15) is 0 Å². The molecule has 2 atom stereocenters. The van der Waals surface area contributed by atoms with Gasteiger partial charge in [0.15, 0.2) is 0 Å². The summed E-state index contributed by atoms with van der Waals surface area (Å²) in [6, 6.07) is 0. The fourth-order valence-electron chi connectivity index (χ4n) is 2.49. The first-order valence-electron chi connectivity index (χ1n) is 6.71. The molecular weight excluding hydrogens is 327 g/mol. The summed E-state index contributed by atoms with van der Waals surface area (Å²) in [5, 5.41) is 0. The second-order valence-electron chi connectivity index (χ2n) is 5.42. The molecular formula is C12H24Cl2FeN4+2. The van der Waals surface area contributed by atoms with Crippen molar-refractivity contribution in [1.82, 2.24) is 19.6 Å². The summed E-state index contributed by atoms with van der Waals surface area (Å²) < 4.78 is 0. The van der Waals surface area contributed by atoms with Gasteiger partial charge in [-0.25, -0.2) is 0 Å². The Morgan fingerprint density at radius 1 is 0.632 bits per heavy atom. The molecule has 2 aliphatic heterocycles. The third-order valence-corrected chi connectivity index (χ3v) is 5.16. The quantitative estimate of drug-likeness (QED) is 0.360. The fourth-order valence-corrected chi connectivity index (χ4v) is 3.19. The van der Waals surface area contributed by atoms with Crippen LogP contribution in [0.2, 0.25) is 0 Å². The van der Waals surface area contributed by atoms with Crippen LogP contribution in [-0.2, 0) is 17.1 Å². The van der Waals surface area contributed by atoms with E-state index in [1.165, 1.54) is 0 Å². The molecule has 2 heterocycles. The van der Waals surface area contributed by atoms with E-state index < -0.39 is 0 Å². The van der Waals surface area contributed by atoms with Gasteiger partial charge < -0.3 is 9.80 Å². The maximum Gasteiger partial charge on any atom is 2.00 e. The third kappa shape index (κ3) is 5.01. The van der Waals surface area contributed by atoms with Crippen LogP contribution in [0, 0.1) is 0 Å². The van der Waals surface area contributed by atoms with Crippen LogP contribution < -0.4 is 0 Å². The predicted octanol–water partition coefficient (Wildman–Crippen LogP) is 0.608. The van der Waals surface area contributed by atoms with Crippen molar-refractivity contribution in [2.24, 2.45) is 0 Å². The molecule has 0 aromatic carbocycles. The number of alkyl halides is 2. The van der Waals surface area contributed by atoms with Gasteiger partial charge in [-0.05, 0) is 14.1 Å². The minimum atomic E-state index is -0.0929. The standard InChI is InChI=1S/C12H24Cl2N4.Fe/c1-15-3-7-17-9-5-16(2)6-10-18(8-4-15)12(14)11(17)13;/h11-12H,3-10H2,1-2H3;/q;+2. The number of hydrogen-bond acceptors (Lipinski definition) is 4. The van der Waals surface area contributed by atoms with Gasteiger partial charge in [0.1, 0.15) is 11.0 Å². The number of halogens is 2. The molecule has 2 rings (SSSR count). The normalized spacial score (nSPS) is 39.2. The molecule has 2 fully saturated rings. The van der Waals surface area contributed by atoms with Gasteiger partial charge in [-0.3, -0.25) is 9.80 Å². The van der Waals surface area contributed by atoms with Gasteiger partial charge in [0.05, 0.1) is 0 Å². The Labute approximate surface area is 137 Å². The van der Waals surface area contributed by atoms with Crippen LogP contribution >= 0.6 is 23.2 Å². The molecule has 0 aliphatic carbocycles. The maximum atomic E-state index is 6.57. The topological polar surface area (TPSA) is 13.0 Å². The SMILES string of the molecule is CN1CCN2CCN(C)CCN(CC1)C(Cl)C2Cl.[Fe+2]. The summed E-state index contributed by atoms with van der Waals surface area (Å²) in [5.74, 6) is 0. The molecule has 0 saturated carbocycles. The molecule has 2 bridgehead atoms. The van der Waals surface area contributed by atoms with E-state index in [0.717, 1.165) is 52.4 Å². The molecule has 0 N–H and O–H groups in total. The Balaban J connectivity index is 0.00000180. The van der Waals surface area contributed by atoms with E-state index in [9.17, 15) is 0 Å². The Morgan fingerprint density at radius 3 is 1.16 bits per heavy atom. The largest absolute Gasteiger partial charge is 2.00 e. The van der Waals surface area contributed by atoms with Crippen LogP contribution in [0.5, 0.6) is 0 Å². The molecule has 0 spiro atoms. The fraction of sp³-hybridized carbons (Fsp3) is 1.00. The zero-order valence-electron chi connectivity index (χ0n) is 11.7. The van der Waals surface area contributed by atoms with Crippen molar-refractivity contribution in [3.63, 3.8) is 0 Å². The summed E-state index contributed by atoms with van der Waals surface area (Å²) in [6.45, 7) is 8.22. The smallest absolute Gasteiger partial charge is 0.304 e. The summed E-state index contributed by atoms with van der Waals surface area (Å²) in [4.78, 5) is 9.36. The molecule has 0 aromatic heterocycles. The molecule has 2 unspecified atom stereocenters. The van der Waals surface area contributed by atoms with Crippen LogP contribution in [0.15, 0.2) is 0 Å². The van der Waals surface area contributed by atoms with E-state index in [0.29, 0.717) is 0 Å². The van der Waals surface area contributed by atoms with Crippen molar-refractivity contribution >= 4 is 23.2 Å². The first kappa shape index (κ1) is 18.0. The van der Waals surface area contributed by atoms with Crippen LogP contribution in [0.4, 0.5) is 0 Å². The van der Waals surface area contributed by atoms with E-state index in [4.69, 9.17) is 23.2 Å². The average molecular weight is 351 g/mol. The molecule has 2 saturated heterocycles. The van der Waals surface area contributed by atoms with Crippen molar-refractivity contribution in [1.29, 1.82) is 0 Å². The first-order chi connectivity index (χ1) is 8.58. The summed E-state index contributed by atoms with van der Waals surface area (Å²) in [5.41, 5.74) is -0.186. The molecule has 2 aliphatic rings. The number of fused-ring (bicyclic) bond motifs is 3. The zero-order valence-corrected chi connectivity index (χ0v) is 14.3. The van der Waals surface area contributed by atoms with E-state index in [-0.39, 0.29) is 28.1 Å². The van der Waals surface area contributed by atoms with Gasteiger partial charge in [-0.1, -0.05) is 0 Å². The van der Waals surface area contributed by atoms with Crippen molar-refractivity contribution in [3.05, 3.63) is 0 Å². The molecule has 112 valence electrons. The number of nitrogens with zero attached hydrogens (tertiary/aromatic N) is 4. The first-order valence-corrected chi connectivity index (χ1v) is 7.58. The maximum absolute atomic E-state index is 6.57. The second-order valence-corrected chi connectivity index (χ2v) is 6.32. The minimum Gasteiger partial charge on any atom is -0.304 e. The minimum absolute atomic E-state index is 0. The predicted molar refractivity (Wildman–Crippen MR) is 77.4 cm³/mol. The van der Waals surface area contributed by atoms with E-state index in [1.807, 2.05) is 0 Å². The zero-order chi connectivity index (χ0) is 13.1. The van der Waals surface area contributed by atoms with E-state index >= 15 is 0 Å². The average Bonchev–Trinajstić information content (AvgIpc) is 2.42. The summed E-state index contributed by atoms with van der Waals surface area (Å²) >= 11 is 13.1. The second kappa shape index (κ2) is 8.40. The van der Waals surface area contributed by atoms with Crippen LogP contribution in [-0.4, -0.2) is 97.1 Å². The molecule has 4 nitrogen and oxygen atoms in total. The number of likely N-dealkylation sites (N-methyl/N-ethyl adjacent to an activating group) is 2. The summed E-state index contributed by atoms with van der Waals surface area (Å²) in [6.07, 6.45) is 0. The van der Waals surface area contributed by atoms with Gasteiger partial charge in [0.25, 0.3) is 0 Å². The van der Waals surface area contributed by atoms with Gasteiger partial charge in [-0.15, -0.1) is 23.2 Å². The number of rotatable bonds is 0. The molecule has 19 heavy (non-hydrogen) atoms. The van der Waals surface area contributed by atoms with Gasteiger partial charge in [0, 0.05) is 52.4 Å². The Kier molecular flexibility index (Phi) is 7.95. The Morgan fingerprint density at radius 2 is 0.895 bits per heavy atom. The van der Waals surface area contributed by atoms with Crippen LogP contribution in [0.25, 0.3) is 0 Å². The Bertz CT molecular complexity index is 230. The van der Waals surface area contributed by atoms with Crippen LogP contribution in [0.3, 0.4) is 0 Å². The monoisotopic (exact) mass is 350 g/mol.